The van der Waals surface area contributed by atoms with E-state index in [0.717, 1.165) is 18.2 Å². The van der Waals surface area contributed by atoms with Crippen molar-refractivity contribution >= 4 is 0 Å². The Morgan fingerprint density at radius 1 is 1.05 bits per heavy atom. The van der Waals surface area contributed by atoms with Gasteiger partial charge in [-0.15, -0.1) is 0 Å². The summed E-state index contributed by atoms with van der Waals surface area (Å²) in [6.45, 7) is 1.66. The minimum Gasteiger partial charge on any atom is -0.454 e. The Balaban J connectivity index is 2.46. The SMILES string of the molecule is Cc1ccc(F)c(Oc2ccc(CN)cc2C(F)(F)F)c1. The van der Waals surface area contributed by atoms with E-state index < -0.39 is 23.3 Å². The average molecular weight is 299 g/mol. The summed E-state index contributed by atoms with van der Waals surface area (Å²) in [6.07, 6.45) is -4.61. The van der Waals surface area contributed by atoms with Crippen LogP contribution < -0.4 is 10.5 Å². The molecule has 0 saturated heterocycles. The molecule has 0 bridgehead atoms. The van der Waals surface area contributed by atoms with Gasteiger partial charge in [-0.3, -0.25) is 0 Å². The lowest BCUT2D eigenvalue weighted by atomic mass is 10.1. The first-order chi connectivity index (χ1) is 9.81. The molecule has 0 aliphatic rings. The van der Waals surface area contributed by atoms with Gasteiger partial charge in [0.05, 0.1) is 5.56 Å². The van der Waals surface area contributed by atoms with Gasteiger partial charge in [-0.05, 0) is 42.3 Å². The first-order valence-electron chi connectivity index (χ1n) is 6.15. The van der Waals surface area contributed by atoms with Gasteiger partial charge in [0.1, 0.15) is 5.75 Å². The molecule has 2 N–H and O–H groups in total. The first-order valence-corrected chi connectivity index (χ1v) is 6.15. The normalized spacial score (nSPS) is 11.5. The number of hydrogen-bond acceptors (Lipinski definition) is 2. The molecule has 0 spiro atoms. The van der Waals surface area contributed by atoms with Crippen LogP contribution in [-0.2, 0) is 12.7 Å². The Hall–Kier alpha value is -2.08. The highest BCUT2D eigenvalue weighted by Crippen LogP contribution is 2.39. The van der Waals surface area contributed by atoms with Crippen LogP contribution in [0.3, 0.4) is 0 Å². The van der Waals surface area contributed by atoms with E-state index in [1.54, 1.807) is 6.92 Å². The fraction of sp³-hybridized carbons (Fsp3) is 0.200. The van der Waals surface area contributed by atoms with Crippen molar-refractivity contribution in [3.8, 4) is 11.5 Å². The number of rotatable bonds is 3. The predicted molar refractivity (Wildman–Crippen MR) is 70.5 cm³/mol. The number of alkyl halides is 3. The van der Waals surface area contributed by atoms with Crippen molar-refractivity contribution < 1.29 is 22.3 Å². The minimum atomic E-state index is -4.61. The molecule has 0 aliphatic heterocycles. The van der Waals surface area contributed by atoms with Gasteiger partial charge in [-0.2, -0.15) is 13.2 Å². The molecule has 0 radical (unpaired) electrons. The number of nitrogens with two attached hydrogens (primary N) is 1. The Morgan fingerprint density at radius 2 is 1.76 bits per heavy atom. The van der Waals surface area contributed by atoms with Crippen molar-refractivity contribution in [1.29, 1.82) is 0 Å². The van der Waals surface area contributed by atoms with E-state index in [0.29, 0.717) is 11.1 Å². The van der Waals surface area contributed by atoms with Crippen molar-refractivity contribution in [3.05, 3.63) is 58.9 Å². The molecule has 2 nitrogen and oxygen atoms in total. The van der Waals surface area contributed by atoms with Gasteiger partial charge in [0.15, 0.2) is 11.6 Å². The summed E-state index contributed by atoms with van der Waals surface area (Å²) in [5, 5.41) is 0. The van der Waals surface area contributed by atoms with Gasteiger partial charge in [0, 0.05) is 6.54 Å². The van der Waals surface area contributed by atoms with Crippen LogP contribution in [-0.4, -0.2) is 0 Å². The Morgan fingerprint density at radius 3 is 2.38 bits per heavy atom. The maximum Gasteiger partial charge on any atom is 0.419 e. The largest absolute Gasteiger partial charge is 0.454 e. The van der Waals surface area contributed by atoms with Crippen LogP contribution in [0.2, 0.25) is 0 Å². The van der Waals surface area contributed by atoms with Crippen molar-refractivity contribution in [3.63, 3.8) is 0 Å². The third-order valence-electron chi connectivity index (χ3n) is 2.89. The van der Waals surface area contributed by atoms with Gasteiger partial charge < -0.3 is 10.5 Å². The summed E-state index contributed by atoms with van der Waals surface area (Å²) >= 11 is 0. The van der Waals surface area contributed by atoms with Crippen LogP contribution in [0.15, 0.2) is 36.4 Å². The van der Waals surface area contributed by atoms with Crippen LogP contribution in [0.4, 0.5) is 17.6 Å². The van der Waals surface area contributed by atoms with Crippen molar-refractivity contribution in [2.45, 2.75) is 19.6 Å². The zero-order chi connectivity index (χ0) is 15.6. The van der Waals surface area contributed by atoms with Crippen LogP contribution in [0, 0.1) is 12.7 Å². The quantitative estimate of drug-likeness (QED) is 0.852. The summed E-state index contributed by atoms with van der Waals surface area (Å²) in [4.78, 5) is 0. The predicted octanol–water partition coefficient (Wildman–Crippen LogP) is 4.40. The molecule has 0 fully saturated rings. The lowest BCUT2D eigenvalue weighted by molar-refractivity contribution is -0.138. The summed E-state index contributed by atoms with van der Waals surface area (Å²) in [6, 6.07) is 7.46. The van der Waals surface area contributed by atoms with Crippen LogP contribution in [0.1, 0.15) is 16.7 Å². The molecule has 0 aromatic heterocycles. The summed E-state index contributed by atoms with van der Waals surface area (Å²) in [7, 11) is 0. The molecular weight excluding hydrogens is 286 g/mol. The first kappa shape index (κ1) is 15.3. The zero-order valence-corrected chi connectivity index (χ0v) is 11.2. The van der Waals surface area contributed by atoms with Crippen LogP contribution in [0.25, 0.3) is 0 Å². The van der Waals surface area contributed by atoms with E-state index in [2.05, 4.69) is 0 Å². The molecule has 0 atom stereocenters. The highest BCUT2D eigenvalue weighted by atomic mass is 19.4. The van der Waals surface area contributed by atoms with Crippen molar-refractivity contribution in [2.24, 2.45) is 5.73 Å². The molecular formula is C15H13F4NO. The third-order valence-corrected chi connectivity index (χ3v) is 2.89. The number of ether oxygens (including phenoxy) is 1. The highest BCUT2D eigenvalue weighted by molar-refractivity contribution is 5.43. The molecule has 112 valence electrons. The van der Waals surface area contributed by atoms with E-state index in [4.69, 9.17) is 10.5 Å². The maximum atomic E-state index is 13.6. The standard InChI is InChI=1S/C15H13F4NO/c1-9-2-4-12(16)14(6-9)21-13-5-3-10(8-20)7-11(13)15(17,18)19/h2-7H,8,20H2,1H3. The lowest BCUT2D eigenvalue weighted by Crippen LogP contribution is -2.09. The fourth-order valence-electron chi connectivity index (χ4n) is 1.82. The molecule has 21 heavy (non-hydrogen) atoms. The molecule has 0 amide bonds. The van der Waals surface area contributed by atoms with Gasteiger partial charge in [-0.1, -0.05) is 12.1 Å². The van der Waals surface area contributed by atoms with E-state index in [9.17, 15) is 17.6 Å². The van der Waals surface area contributed by atoms with E-state index in [-0.39, 0.29) is 12.3 Å². The lowest BCUT2D eigenvalue weighted by Gasteiger charge is -2.15. The van der Waals surface area contributed by atoms with Gasteiger partial charge in [-0.25, -0.2) is 4.39 Å². The second-order valence-electron chi connectivity index (χ2n) is 4.57. The van der Waals surface area contributed by atoms with Crippen LogP contribution in [0.5, 0.6) is 11.5 Å². The number of aryl methyl sites for hydroxylation is 1. The molecule has 0 aliphatic carbocycles. The second-order valence-corrected chi connectivity index (χ2v) is 4.57. The molecule has 2 aromatic rings. The molecule has 2 rings (SSSR count). The fourth-order valence-corrected chi connectivity index (χ4v) is 1.82. The van der Waals surface area contributed by atoms with E-state index in [1.807, 2.05) is 0 Å². The van der Waals surface area contributed by atoms with Gasteiger partial charge in [0.25, 0.3) is 0 Å². The monoisotopic (exact) mass is 299 g/mol. The molecule has 0 saturated carbocycles. The Bertz CT molecular complexity index is 653. The van der Waals surface area contributed by atoms with Crippen molar-refractivity contribution in [1.82, 2.24) is 0 Å². The second kappa shape index (κ2) is 5.73. The summed E-state index contributed by atoms with van der Waals surface area (Å²) < 4.78 is 57.8. The van der Waals surface area contributed by atoms with Crippen LogP contribution >= 0.6 is 0 Å². The topological polar surface area (TPSA) is 35.2 Å². The zero-order valence-electron chi connectivity index (χ0n) is 11.2. The molecule has 6 heteroatoms. The van der Waals surface area contributed by atoms with E-state index in [1.165, 1.54) is 18.2 Å². The highest BCUT2D eigenvalue weighted by Gasteiger charge is 2.35. The third kappa shape index (κ3) is 3.52. The Labute approximate surface area is 119 Å². The average Bonchev–Trinajstić information content (AvgIpc) is 2.42. The van der Waals surface area contributed by atoms with E-state index >= 15 is 0 Å². The minimum absolute atomic E-state index is 0.0256. The van der Waals surface area contributed by atoms with Gasteiger partial charge >= 0.3 is 6.18 Å². The molecule has 0 unspecified atom stereocenters. The number of halogens is 4. The molecule has 2 aromatic carbocycles. The number of hydrogen-bond donors (Lipinski definition) is 1. The maximum absolute atomic E-state index is 13.6. The van der Waals surface area contributed by atoms with Crippen molar-refractivity contribution in [2.75, 3.05) is 0 Å². The molecule has 0 heterocycles. The van der Waals surface area contributed by atoms with Gasteiger partial charge in [0.2, 0.25) is 0 Å². The smallest absolute Gasteiger partial charge is 0.419 e. The Kier molecular flexibility index (Phi) is 4.18. The summed E-state index contributed by atoms with van der Waals surface area (Å²) in [5.41, 5.74) is 5.36. The summed E-state index contributed by atoms with van der Waals surface area (Å²) in [5.74, 6) is -1.43. The number of benzene rings is 2.